The smallest absolute Gasteiger partial charge is 0.252 e. The van der Waals surface area contributed by atoms with Crippen molar-refractivity contribution in [3.8, 4) is 0 Å². The minimum absolute atomic E-state index is 0.0270. The van der Waals surface area contributed by atoms with Gasteiger partial charge in [0.25, 0.3) is 5.91 Å². The Morgan fingerprint density at radius 2 is 1.78 bits per heavy atom. The Labute approximate surface area is 182 Å². The maximum atomic E-state index is 13.6. The van der Waals surface area contributed by atoms with Crippen LogP contribution >= 0.6 is 0 Å². The van der Waals surface area contributed by atoms with E-state index in [2.05, 4.69) is 16.0 Å². The average molecular weight is 466 g/mol. The first-order chi connectivity index (χ1) is 15.1. The first kappa shape index (κ1) is 23.3. The van der Waals surface area contributed by atoms with E-state index in [0.717, 1.165) is 16.4 Å². The van der Waals surface area contributed by atoms with Gasteiger partial charge in [0, 0.05) is 25.7 Å². The largest absolute Gasteiger partial charge is 0.357 e. The van der Waals surface area contributed by atoms with Crippen molar-refractivity contribution >= 4 is 27.7 Å². The van der Waals surface area contributed by atoms with Crippen LogP contribution < -0.4 is 16.0 Å². The summed E-state index contributed by atoms with van der Waals surface area (Å²) in [5.41, 5.74) is 0.0657. The fraction of sp³-hybridized carbons (Fsp3) is 0.250. The predicted molar refractivity (Wildman–Crippen MR) is 109 cm³/mol. The third kappa shape index (κ3) is 4.92. The van der Waals surface area contributed by atoms with Gasteiger partial charge in [0.05, 0.1) is 11.4 Å². The molecule has 1 fully saturated rings. The molecule has 0 saturated carbocycles. The van der Waals surface area contributed by atoms with Crippen molar-refractivity contribution in [2.24, 2.45) is 0 Å². The summed E-state index contributed by atoms with van der Waals surface area (Å²) in [6.45, 7) is 0.0222. The Bertz CT molecular complexity index is 1160. The van der Waals surface area contributed by atoms with Gasteiger partial charge < -0.3 is 16.0 Å². The molecule has 3 N–H and O–H groups in total. The third-order valence-electron chi connectivity index (χ3n) is 4.82. The van der Waals surface area contributed by atoms with Crippen molar-refractivity contribution in [3.05, 3.63) is 65.2 Å². The molecule has 1 aliphatic rings. The van der Waals surface area contributed by atoms with E-state index in [0.29, 0.717) is 0 Å². The molecule has 1 atom stereocenters. The van der Waals surface area contributed by atoms with Crippen LogP contribution in [0.4, 0.5) is 8.78 Å². The maximum absolute atomic E-state index is 13.6. The fourth-order valence-corrected chi connectivity index (χ4v) is 4.50. The van der Waals surface area contributed by atoms with E-state index < -0.39 is 45.4 Å². The summed E-state index contributed by atoms with van der Waals surface area (Å²) in [4.78, 5) is 36.2. The normalized spacial score (nSPS) is 15.5. The minimum Gasteiger partial charge on any atom is -0.357 e. The molecule has 1 aliphatic heterocycles. The highest BCUT2D eigenvalue weighted by molar-refractivity contribution is 7.89. The van der Waals surface area contributed by atoms with Crippen molar-refractivity contribution in [2.45, 2.75) is 10.9 Å². The van der Waals surface area contributed by atoms with Gasteiger partial charge in [-0.15, -0.1) is 0 Å². The lowest BCUT2D eigenvalue weighted by molar-refractivity contribution is -0.123. The number of carbonyl (C=O) groups excluding carboxylic acids is 3. The highest BCUT2D eigenvalue weighted by Crippen LogP contribution is 2.20. The Kier molecular flexibility index (Phi) is 6.84. The van der Waals surface area contributed by atoms with Crippen LogP contribution in [0.1, 0.15) is 22.0 Å². The summed E-state index contributed by atoms with van der Waals surface area (Å²) in [6.07, 6.45) is 0. The number of carbonyl (C=O) groups is 3. The van der Waals surface area contributed by atoms with Crippen LogP contribution in [0.3, 0.4) is 0 Å². The van der Waals surface area contributed by atoms with E-state index in [1.54, 1.807) is 0 Å². The number of hydrogen-bond donors (Lipinski definition) is 3. The van der Waals surface area contributed by atoms with Crippen LogP contribution in [-0.4, -0.2) is 57.1 Å². The van der Waals surface area contributed by atoms with Gasteiger partial charge in [-0.1, -0.05) is 6.07 Å². The molecule has 0 radical (unpaired) electrons. The molecule has 2 aromatic carbocycles. The predicted octanol–water partition coefficient (Wildman–Crippen LogP) is 0.302. The van der Waals surface area contributed by atoms with Crippen LogP contribution in [0.2, 0.25) is 0 Å². The highest BCUT2D eigenvalue weighted by Gasteiger charge is 2.29. The summed E-state index contributed by atoms with van der Waals surface area (Å²) in [5, 5.41) is 7.29. The van der Waals surface area contributed by atoms with Gasteiger partial charge in [-0.25, -0.2) is 17.2 Å². The monoisotopic (exact) mass is 466 g/mol. The molecule has 0 spiro atoms. The van der Waals surface area contributed by atoms with E-state index in [1.165, 1.54) is 37.4 Å². The van der Waals surface area contributed by atoms with Crippen molar-refractivity contribution < 1.29 is 31.6 Å². The number of amides is 3. The summed E-state index contributed by atoms with van der Waals surface area (Å²) in [5.74, 6) is -4.07. The molecular formula is C20H20F2N4O5S. The second-order valence-electron chi connectivity index (χ2n) is 6.91. The minimum atomic E-state index is -3.93. The molecule has 2 aromatic rings. The topological polar surface area (TPSA) is 125 Å². The van der Waals surface area contributed by atoms with Gasteiger partial charge in [0.15, 0.2) is 11.6 Å². The Morgan fingerprint density at radius 3 is 2.38 bits per heavy atom. The second kappa shape index (κ2) is 9.40. The molecule has 3 rings (SSSR count). The summed E-state index contributed by atoms with van der Waals surface area (Å²) in [7, 11) is -2.61. The lowest BCUT2D eigenvalue weighted by atomic mass is 10.0. The maximum Gasteiger partial charge on any atom is 0.252 e. The molecule has 0 bridgehead atoms. The zero-order chi connectivity index (χ0) is 23.5. The lowest BCUT2D eigenvalue weighted by Crippen LogP contribution is -2.49. The van der Waals surface area contributed by atoms with Crippen molar-refractivity contribution in [3.63, 3.8) is 0 Å². The van der Waals surface area contributed by atoms with Gasteiger partial charge in [0.2, 0.25) is 21.8 Å². The lowest BCUT2D eigenvalue weighted by Gasteiger charge is -2.25. The fourth-order valence-electron chi connectivity index (χ4n) is 3.10. The molecule has 1 heterocycles. The van der Waals surface area contributed by atoms with Gasteiger partial charge in [-0.3, -0.25) is 14.4 Å². The van der Waals surface area contributed by atoms with E-state index in [-0.39, 0.29) is 35.7 Å². The molecule has 0 aliphatic carbocycles. The van der Waals surface area contributed by atoms with E-state index in [9.17, 15) is 31.6 Å². The SMILES string of the molecule is CNC(=O)C(NC(=O)c1ccc(S(=O)(=O)N2CCNC(=O)C2)cc1)c1ccc(F)c(F)c1. The Hall–Kier alpha value is -3.38. The zero-order valence-corrected chi connectivity index (χ0v) is 17.7. The molecule has 32 heavy (non-hydrogen) atoms. The van der Waals surface area contributed by atoms with Crippen LogP contribution in [0, 0.1) is 11.6 Å². The third-order valence-corrected chi connectivity index (χ3v) is 6.68. The number of piperazine rings is 1. The molecule has 3 amide bonds. The number of hydrogen-bond acceptors (Lipinski definition) is 5. The number of nitrogens with zero attached hydrogens (tertiary/aromatic N) is 1. The van der Waals surface area contributed by atoms with Gasteiger partial charge in [-0.05, 0) is 42.0 Å². The number of nitrogens with one attached hydrogen (secondary N) is 3. The number of halogens is 2. The molecule has 12 heteroatoms. The quantitative estimate of drug-likeness (QED) is 0.565. The van der Waals surface area contributed by atoms with Crippen LogP contribution in [0.25, 0.3) is 0 Å². The standard InChI is InChI=1S/C20H20F2N4O5S/c1-23-20(29)18(13-4-7-15(21)16(22)10-13)25-19(28)12-2-5-14(6-3-12)32(30,31)26-9-8-24-17(27)11-26/h2-7,10,18H,8-9,11H2,1H3,(H,23,29)(H,24,27)(H,25,28). The molecule has 9 nitrogen and oxygen atoms in total. The molecular weight excluding hydrogens is 446 g/mol. The first-order valence-corrected chi connectivity index (χ1v) is 10.9. The number of sulfonamides is 1. The number of benzene rings is 2. The summed E-state index contributed by atoms with van der Waals surface area (Å²) < 4.78 is 53.2. The summed E-state index contributed by atoms with van der Waals surface area (Å²) in [6, 6.07) is 6.43. The number of rotatable bonds is 6. The van der Waals surface area contributed by atoms with E-state index >= 15 is 0 Å². The van der Waals surface area contributed by atoms with Gasteiger partial charge in [0.1, 0.15) is 6.04 Å². The number of likely N-dealkylation sites (N-methyl/N-ethyl adjacent to an activating group) is 1. The van der Waals surface area contributed by atoms with Crippen LogP contribution in [0.5, 0.6) is 0 Å². The Balaban J connectivity index is 1.80. The van der Waals surface area contributed by atoms with Crippen molar-refractivity contribution in [1.82, 2.24) is 20.3 Å². The van der Waals surface area contributed by atoms with Crippen LogP contribution in [-0.2, 0) is 19.6 Å². The highest BCUT2D eigenvalue weighted by atomic mass is 32.2. The van der Waals surface area contributed by atoms with E-state index in [1.807, 2.05) is 0 Å². The average Bonchev–Trinajstić information content (AvgIpc) is 2.78. The Morgan fingerprint density at radius 1 is 1.09 bits per heavy atom. The van der Waals surface area contributed by atoms with Gasteiger partial charge >= 0.3 is 0 Å². The molecule has 1 unspecified atom stereocenters. The second-order valence-corrected chi connectivity index (χ2v) is 8.85. The molecule has 1 saturated heterocycles. The van der Waals surface area contributed by atoms with Crippen molar-refractivity contribution in [1.29, 1.82) is 0 Å². The molecule has 170 valence electrons. The summed E-state index contributed by atoms with van der Waals surface area (Å²) >= 11 is 0. The van der Waals surface area contributed by atoms with E-state index in [4.69, 9.17) is 0 Å². The van der Waals surface area contributed by atoms with Gasteiger partial charge in [-0.2, -0.15) is 4.31 Å². The zero-order valence-electron chi connectivity index (χ0n) is 16.9. The van der Waals surface area contributed by atoms with Crippen molar-refractivity contribution in [2.75, 3.05) is 26.7 Å². The first-order valence-electron chi connectivity index (χ1n) is 9.48. The van der Waals surface area contributed by atoms with Crippen LogP contribution in [0.15, 0.2) is 47.4 Å². The molecule has 0 aromatic heterocycles.